The molecule has 5 nitrogen and oxygen atoms in total. The topological polar surface area (TPSA) is 70.5 Å². The summed E-state index contributed by atoms with van der Waals surface area (Å²) in [5, 5.41) is 3.49. The lowest BCUT2D eigenvalue weighted by Gasteiger charge is -2.20. The second-order valence-electron chi connectivity index (χ2n) is 5.13. The lowest BCUT2D eigenvalue weighted by molar-refractivity contribution is 0.281. The van der Waals surface area contributed by atoms with E-state index in [2.05, 4.69) is 29.1 Å². The number of likely N-dealkylation sites (N-methyl/N-ethyl adjacent to an activating group) is 1. The Labute approximate surface area is 119 Å². The first kappa shape index (κ1) is 18.8. The monoisotopic (exact) mass is 273 g/mol. The van der Waals surface area contributed by atoms with Crippen LogP contribution in [0.25, 0.3) is 0 Å². The highest BCUT2D eigenvalue weighted by molar-refractivity contribution is 4.60. The Bertz CT molecular complexity index is 171. The van der Waals surface area contributed by atoms with E-state index in [0.29, 0.717) is 0 Å². The minimum absolute atomic E-state index is 0.729. The Hall–Kier alpha value is -0.200. The first-order valence-electron chi connectivity index (χ1n) is 7.76. The van der Waals surface area contributed by atoms with Crippen molar-refractivity contribution >= 4 is 0 Å². The number of rotatable bonds is 14. The highest BCUT2D eigenvalue weighted by Crippen LogP contribution is 1.97. The van der Waals surface area contributed by atoms with Crippen LogP contribution in [0.1, 0.15) is 26.2 Å². The molecule has 0 aromatic heterocycles. The minimum Gasteiger partial charge on any atom is -0.329 e. The van der Waals surface area contributed by atoms with Gasteiger partial charge in [-0.2, -0.15) is 0 Å². The van der Waals surface area contributed by atoms with Gasteiger partial charge < -0.3 is 26.6 Å². The molecule has 0 atom stereocenters. The van der Waals surface area contributed by atoms with E-state index in [-0.39, 0.29) is 0 Å². The third-order valence-corrected chi connectivity index (χ3v) is 3.43. The second-order valence-corrected chi connectivity index (χ2v) is 5.13. The minimum atomic E-state index is 0.729. The molecule has 0 bridgehead atoms. The Morgan fingerprint density at radius 2 is 1.53 bits per heavy atom. The van der Waals surface area contributed by atoms with Gasteiger partial charge >= 0.3 is 0 Å². The molecule has 0 aliphatic heterocycles. The van der Waals surface area contributed by atoms with Gasteiger partial charge in [0.05, 0.1) is 0 Å². The van der Waals surface area contributed by atoms with Gasteiger partial charge in [-0.1, -0.05) is 13.3 Å². The van der Waals surface area contributed by atoms with Crippen molar-refractivity contribution in [3.8, 4) is 0 Å². The lowest BCUT2D eigenvalue weighted by atomic mass is 10.2. The molecule has 0 saturated carbocycles. The van der Waals surface area contributed by atoms with E-state index in [9.17, 15) is 0 Å². The molecular weight excluding hydrogens is 238 g/mol. The van der Waals surface area contributed by atoms with Crippen LogP contribution in [0.3, 0.4) is 0 Å². The SMILES string of the molecule is CCN(C)CCNCCCCCN(CCN)CCN. The van der Waals surface area contributed by atoms with Gasteiger partial charge in [0, 0.05) is 39.3 Å². The fourth-order valence-corrected chi connectivity index (χ4v) is 2.02. The number of nitrogens with two attached hydrogens (primary N) is 2. The molecule has 0 aliphatic rings. The van der Waals surface area contributed by atoms with Crippen LogP contribution in [-0.2, 0) is 0 Å². The average molecular weight is 273 g/mol. The quantitative estimate of drug-likeness (QED) is 0.386. The van der Waals surface area contributed by atoms with E-state index in [0.717, 1.165) is 58.9 Å². The smallest absolute Gasteiger partial charge is 0.0105 e. The number of nitrogens with zero attached hydrogens (tertiary/aromatic N) is 2. The molecule has 0 amide bonds. The first-order valence-corrected chi connectivity index (χ1v) is 7.76. The van der Waals surface area contributed by atoms with Gasteiger partial charge in [-0.25, -0.2) is 0 Å². The van der Waals surface area contributed by atoms with Crippen molar-refractivity contribution in [1.29, 1.82) is 0 Å². The van der Waals surface area contributed by atoms with Gasteiger partial charge in [-0.05, 0) is 39.5 Å². The number of nitrogens with one attached hydrogen (secondary N) is 1. The predicted molar refractivity (Wildman–Crippen MR) is 84.4 cm³/mol. The zero-order valence-electron chi connectivity index (χ0n) is 13.0. The molecule has 0 fully saturated rings. The van der Waals surface area contributed by atoms with Gasteiger partial charge in [0.2, 0.25) is 0 Å². The molecule has 0 spiro atoms. The van der Waals surface area contributed by atoms with Crippen molar-refractivity contribution in [2.45, 2.75) is 26.2 Å². The van der Waals surface area contributed by atoms with Crippen molar-refractivity contribution in [2.24, 2.45) is 11.5 Å². The van der Waals surface area contributed by atoms with Crippen LogP contribution < -0.4 is 16.8 Å². The van der Waals surface area contributed by atoms with E-state index in [1.165, 1.54) is 19.3 Å². The maximum Gasteiger partial charge on any atom is 0.0105 e. The van der Waals surface area contributed by atoms with E-state index in [1.54, 1.807) is 0 Å². The van der Waals surface area contributed by atoms with E-state index >= 15 is 0 Å². The zero-order valence-corrected chi connectivity index (χ0v) is 13.0. The molecule has 0 unspecified atom stereocenters. The van der Waals surface area contributed by atoms with Crippen LogP contribution >= 0.6 is 0 Å². The normalized spacial score (nSPS) is 11.7. The molecule has 19 heavy (non-hydrogen) atoms. The van der Waals surface area contributed by atoms with Crippen molar-refractivity contribution < 1.29 is 0 Å². The second kappa shape index (κ2) is 14.2. The maximum absolute atomic E-state index is 5.58. The average Bonchev–Trinajstić information content (AvgIpc) is 2.41. The molecule has 0 aromatic carbocycles. The van der Waals surface area contributed by atoms with Gasteiger partial charge in [-0.15, -0.1) is 0 Å². The maximum atomic E-state index is 5.58. The van der Waals surface area contributed by atoms with Gasteiger partial charge in [-0.3, -0.25) is 0 Å². The van der Waals surface area contributed by atoms with E-state index in [4.69, 9.17) is 11.5 Å². The molecular formula is C14H35N5. The number of hydrogen-bond donors (Lipinski definition) is 3. The van der Waals surface area contributed by atoms with Gasteiger partial charge in [0.1, 0.15) is 0 Å². The summed E-state index contributed by atoms with van der Waals surface area (Å²) >= 11 is 0. The molecule has 116 valence electrons. The van der Waals surface area contributed by atoms with Crippen LogP contribution in [0.4, 0.5) is 0 Å². The molecule has 0 heterocycles. The van der Waals surface area contributed by atoms with Crippen molar-refractivity contribution in [2.75, 3.05) is 66.0 Å². The summed E-state index contributed by atoms with van der Waals surface area (Å²) in [6.07, 6.45) is 3.79. The predicted octanol–water partition coefficient (Wildman–Crippen LogP) is -0.0826. The lowest BCUT2D eigenvalue weighted by Crippen LogP contribution is -2.34. The molecule has 0 aliphatic carbocycles. The number of hydrogen-bond acceptors (Lipinski definition) is 5. The molecule has 0 aromatic rings. The Morgan fingerprint density at radius 1 is 0.842 bits per heavy atom. The Balaban J connectivity index is 3.29. The van der Waals surface area contributed by atoms with Crippen LogP contribution in [-0.4, -0.2) is 75.8 Å². The molecule has 0 rings (SSSR count). The van der Waals surface area contributed by atoms with Gasteiger partial charge in [0.25, 0.3) is 0 Å². The Kier molecular flexibility index (Phi) is 14.1. The largest absolute Gasteiger partial charge is 0.329 e. The third-order valence-electron chi connectivity index (χ3n) is 3.43. The van der Waals surface area contributed by atoms with Crippen LogP contribution in [0.2, 0.25) is 0 Å². The van der Waals surface area contributed by atoms with Crippen LogP contribution in [0.5, 0.6) is 0 Å². The number of unbranched alkanes of at least 4 members (excludes halogenated alkanes) is 2. The summed E-state index contributed by atoms with van der Waals surface area (Å²) in [6.45, 7) is 11.2. The molecule has 0 radical (unpaired) electrons. The van der Waals surface area contributed by atoms with E-state index < -0.39 is 0 Å². The third kappa shape index (κ3) is 12.6. The van der Waals surface area contributed by atoms with Crippen molar-refractivity contribution in [3.05, 3.63) is 0 Å². The Morgan fingerprint density at radius 3 is 2.11 bits per heavy atom. The van der Waals surface area contributed by atoms with Crippen molar-refractivity contribution in [1.82, 2.24) is 15.1 Å². The standard InChI is InChI=1S/C14H35N5/c1-3-18(2)14-10-17-9-5-4-6-11-19(12-7-15)13-8-16/h17H,3-16H2,1-2H3. The van der Waals surface area contributed by atoms with Crippen LogP contribution in [0, 0.1) is 0 Å². The van der Waals surface area contributed by atoms with Gasteiger partial charge in [0.15, 0.2) is 0 Å². The summed E-state index contributed by atoms with van der Waals surface area (Å²) in [5.41, 5.74) is 11.2. The van der Waals surface area contributed by atoms with Crippen molar-refractivity contribution in [3.63, 3.8) is 0 Å². The highest BCUT2D eigenvalue weighted by atomic mass is 15.1. The van der Waals surface area contributed by atoms with Crippen LogP contribution in [0.15, 0.2) is 0 Å². The molecule has 5 N–H and O–H groups in total. The molecule has 5 heteroatoms. The zero-order chi connectivity index (χ0) is 14.3. The summed E-state index contributed by atoms with van der Waals surface area (Å²) in [7, 11) is 2.16. The first-order chi connectivity index (χ1) is 9.24. The summed E-state index contributed by atoms with van der Waals surface area (Å²) in [4.78, 5) is 4.69. The summed E-state index contributed by atoms with van der Waals surface area (Å²) in [5.74, 6) is 0. The summed E-state index contributed by atoms with van der Waals surface area (Å²) < 4.78 is 0. The molecule has 0 saturated heterocycles. The summed E-state index contributed by atoms with van der Waals surface area (Å²) in [6, 6.07) is 0. The fraction of sp³-hybridized carbons (Fsp3) is 1.00. The fourth-order valence-electron chi connectivity index (χ4n) is 2.02. The van der Waals surface area contributed by atoms with E-state index in [1.807, 2.05) is 0 Å². The highest BCUT2D eigenvalue weighted by Gasteiger charge is 2.01.